The molecule has 9 nitrogen and oxygen atoms in total. The lowest BCUT2D eigenvalue weighted by Crippen LogP contribution is -2.54. The number of rotatable bonds is 13. The van der Waals surface area contributed by atoms with E-state index in [2.05, 4.69) is 5.32 Å². The van der Waals surface area contributed by atoms with Gasteiger partial charge in [-0.1, -0.05) is 73.0 Å². The zero-order chi connectivity index (χ0) is 31.0. The Balaban J connectivity index is 1.76. The molecule has 10 heteroatoms. The lowest BCUT2D eigenvalue weighted by molar-refractivity contribution is -0.140. The topological polar surface area (TPSA) is 105 Å². The molecular formula is C33H41N3O6S. The molecule has 3 aromatic rings. The average Bonchev–Trinajstić information content (AvgIpc) is 3.51. The van der Waals surface area contributed by atoms with Gasteiger partial charge in [0.15, 0.2) is 0 Å². The van der Waals surface area contributed by atoms with Crippen molar-refractivity contribution in [3.8, 4) is 11.5 Å². The predicted molar refractivity (Wildman–Crippen MR) is 168 cm³/mol. The summed E-state index contributed by atoms with van der Waals surface area (Å²) < 4.78 is 38.1. The Morgan fingerprint density at radius 3 is 2.21 bits per heavy atom. The largest absolute Gasteiger partial charge is 0.497 e. The van der Waals surface area contributed by atoms with Crippen LogP contribution in [0, 0.1) is 6.92 Å². The van der Waals surface area contributed by atoms with Crippen molar-refractivity contribution in [2.24, 2.45) is 0 Å². The number of carbonyl (C=O) groups is 2. The normalized spacial score (nSPS) is 14.1. The standard InChI is InChI=1S/C33H41N3O6S/c1-24-14-16-26(17-15-24)22-35(30(20-25-10-6-5-7-11-25)33(38)34-27-12-8-9-13-27)32(37)23-36(43(4,39)40)29-21-28(41-2)18-19-31(29)42-3/h5-7,10-11,14-19,21,27,30H,8-9,12-13,20,22-23H2,1-4H3,(H,34,38)/t30-/m1/s1. The Morgan fingerprint density at radius 1 is 0.930 bits per heavy atom. The van der Waals surface area contributed by atoms with Crippen molar-refractivity contribution >= 4 is 27.5 Å². The first-order chi connectivity index (χ1) is 20.6. The Kier molecular flexibility index (Phi) is 10.7. The van der Waals surface area contributed by atoms with Crippen molar-refractivity contribution in [1.29, 1.82) is 0 Å². The lowest BCUT2D eigenvalue weighted by atomic mass is 10.0. The summed E-state index contributed by atoms with van der Waals surface area (Å²) in [7, 11) is -1.05. The number of hydrogen-bond donors (Lipinski definition) is 1. The molecule has 1 saturated carbocycles. The van der Waals surface area contributed by atoms with E-state index in [-0.39, 0.29) is 36.4 Å². The van der Waals surface area contributed by atoms with Gasteiger partial charge in [0.25, 0.3) is 0 Å². The molecule has 1 atom stereocenters. The van der Waals surface area contributed by atoms with Gasteiger partial charge in [-0.15, -0.1) is 0 Å². The van der Waals surface area contributed by atoms with E-state index in [4.69, 9.17) is 9.47 Å². The van der Waals surface area contributed by atoms with Crippen molar-refractivity contribution in [1.82, 2.24) is 10.2 Å². The summed E-state index contributed by atoms with van der Waals surface area (Å²) >= 11 is 0. The fraction of sp³-hybridized carbons (Fsp3) is 0.394. The Labute approximate surface area is 254 Å². The van der Waals surface area contributed by atoms with Crippen LogP contribution in [-0.2, 0) is 32.6 Å². The van der Waals surface area contributed by atoms with Crippen molar-refractivity contribution in [3.63, 3.8) is 0 Å². The van der Waals surface area contributed by atoms with Crippen LogP contribution in [-0.4, -0.2) is 64.2 Å². The molecule has 1 N–H and O–H groups in total. The average molecular weight is 608 g/mol. The van der Waals surface area contributed by atoms with Gasteiger partial charge in [-0.3, -0.25) is 13.9 Å². The number of nitrogens with one attached hydrogen (secondary N) is 1. The molecule has 0 aromatic heterocycles. The van der Waals surface area contributed by atoms with Crippen molar-refractivity contribution < 1.29 is 27.5 Å². The van der Waals surface area contributed by atoms with E-state index in [0.29, 0.717) is 5.75 Å². The summed E-state index contributed by atoms with van der Waals surface area (Å²) in [6.07, 6.45) is 5.20. The van der Waals surface area contributed by atoms with Crippen molar-refractivity contribution in [2.45, 2.75) is 57.7 Å². The molecule has 230 valence electrons. The zero-order valence-corrected chi connectivity index (χ0v) is 26.1. The molecular weight excluding hydrogens is 566 g/mol. The minimum absolute atomic E-state index is 0.0515. The maximum atomic E-state index is 14.3. The quantitative estimate of drug-likeness (QED) is 0.307. The van der Waals surface area contributed by atoms with Crippen LogP contribution in [0.1, 0.15) is 42.4 Å². The molecule has 0 heterocycles. The summed E-state index contributed by atoms with van der Waals surface area (Å²) in [6.45, 7) is 1.57. The van der Waals surface area contributed by atoms with Gasteiger partial charge in [-0.05, 0) is 43.0 Å². The molecule has 0 radical (unpaired) electrons. The molecule has 1 fully saturated rings. The monoisotopic (exact) mass is 607 g/mol. The van der Waals surface area contributed by atoms with Gasteiger partial charge in [0.1, 0.15) is 24.1 Å². The summed E-state index contributed by atoms with van der Waals surface area (Å²) in [5.74, 6) is -0.0883. The molecule has 0 saturated heterocycles. The van der Waals surface area contributed by atoms with Crippen LogP contribution in [0.4, 0.5) is 5.69 Å². The number of amides is 2. The first-order valence-electron chi connectivity index (χ1n) is 14.5. The lowest BCUT2D eigenvalue weighted by Gasteiger charge is -2.34. The van der Waals surface area contributed by atoms with Gasteiger partial charge < -0.3 is 19.7 Å². The second kappa shape index (κ2) is 14.4. The Bertz CT molecular complexity index is 1490. The second-order valence-electron chi connectivity index (χ2n) is 11.0. The van der Waals surface area contributed by atoms with E-state index in [9.17, 15) is 18.0 Å². The minimum Gasteiger partial charge on any atom is -0.497 e. The molecule has 4 rings (SSSR count). The fourth-order valence-corrected chi connectivity index (χ4v) is 6.24. The number of sulfonamides is 1. The Morgan fingerprint density at radius 2 is 1.60 bits per heavy atom. The molecule has 2 amide bonds. The van der Waals surface area contributed by atoms with Crippen LogP contribution in [0.15, 0.2) is 72.8 Å². The van der Waals surface area contributed by atoms with Gasteiger partial charge in [-0.2, -0.15) is 0 Å². The number of aryl methyl sites for hydroxylation is 1. The summed E-state index contributed by atoms with van der Waals surface area (Å²) in [5.41, 5.74) is 2.96. The first kappa shape index (κ1) is 31.9. The van der Waals surface area contributed by atoms with Gasteiger partial charge in [-0.25, -0.2) is 8.42 Å². The minimum atomic E-state index is -3.96. The SMILES string of the molecule is COc1ccc(OC)c(N(CC(=O)N(Cc2ccc(C)cc2)[C@H](Cc2ccccc2)C(=O)NC2CCCC2)S(C)(=O)=O)c1. The summed E-state index contributed by atoms with van der Waals surface area (Å²) in [4.78, 5) is 29.8. The van der Waals surface area contributed by atoms with Crippen LogP contribution < -0.4 is 19.1 Å². The molecule has 0 unspecified atom stereocenters. The Hall–Kier alpha value is -4.05. The van der Waals surface area contributed by atoms with Crippen LogP contribution >= 0.6 is 0 Å². The molecule has 0 bridgehead atoms. The number of methoxy groups -OCH3 is 2. The van der Waals surface area contributed by atoms with Crippen molar-refractivity contribution in [3.05, 3.63) is 89.5 Å². The van der Waals surface area contributed by atoms with E-state index in [1.807, 2.05) is 61.5 Å². The molecule has 1 aliphatic carbocycles. The predicted octanol–water partition coefficient (Wildman–Crippen LogP) is 4.48. The highest BCUT2D eigenvalue weighted by Gasteiger charge is 2.35. The third kappa shape index (κ3) is 8.50. The number of anilines is 1. The number of benzene rings is 3. The van der Waals surface area contributed by atoms with E-state index in [0.717, 1.165) is 52.9 Å². The molecule has 43 heavy (non-hydrogen) atoms. The maximum absolute atomic E-state index is 14.3. The number of carbonyl (C=O) groups excluding carboxylic acids is 2. The second-order valence-corrected chi connectivity index (χ2v) is 12.9. The van der Waals surface area contributed by atoms with Gasteiger partial charge in [0.2, 0.25) is 21.8 Å². The number of nitrogens with zero attached hydrogens (tertiary/aromatic N) is 2. The third-order valence-electron chi connectivity index (χ3n) is 7.78. The van der Waals surface area contributed by atoms with Crippen LogP contribution in [0.25, 0.3) is 0 Å². The van der Waals surface area contributed by atoms with Crippen molar-refractivity contribution in [2.75, 3.05) is 31.3 Å². The maximum Gasteiger partial charge on any atom is 0.244 e. The van der Waals surface area contributed by atoms with Crippen LogP contribution in [0.3, 0.4) is 0 Å². The fourth-order valence-electron chi connectivity index (χ4n) is 5.40. The summed E-state index contributed by atoms with van der Waals surface area (Å²) in [5, 5.41) is 3.18. The zero-order valence-electron chi connectivity index (χ0n) is 25.3. The van der Waals surface area contributed by atoms with E-state index < -0.39 is 28.5 Å². The van der Waals surface area contributed by atoms with E-state index >= 15 is 0 Å². The van der Waals surface area contributed by atoms with E-state index in [1.54, 1.807) is 12.1 Å². The van der Waals surface area contributed by atoms with Crippen LogP contribution in [0.2, 0.25) is 0 Å². The van der Waals surface area contributed by atoms with E-state index in [1.165, 1.54) is 25.2 Å². The number of hydrogen-bond acceptors (Lipinski definition) is 6. The highest BCUT2D eigenvalue weighted by atomic mass is 32.2. The molecule has 0 spiro atoms. The third-order valence-corrected chi connectivity index (χ3v) is 8.91. The molecule has 0 aliphatic heterocycles. The summed E-state index contributed by atoms with van der Waals surface area (Å²) in [6, 6.07) is 21.2. The highest BCUT2D eigenvalue weighted by molar-refractivity contribution is 7.92. The van der Waals surface area contributed by atoms with Crippen LogP contribution in [0.5, 0.6) is 11.5 Å². The van der Waals surface area contributed by atoms with Gasteiger partial charge in [0, 0.05) is 25.1 Å². The highest BCUT2D eigenvalue weighted by Crippen LogP contribution is 2.34. The molecule has 3 aromatic carbocycles. The first-order valence-corrected chi connectivity index (χ1v) is 16.3. The smallest absolute Gasteiger partial charge is 0.244 e. The van der Waals surface area contributed by atoms with Gasteiger partial charge >= 0.3 is 0 Å². The van der Waals surface area contributed by atoms with Gasteiger partial charge in [0.05, 0.1) is 26.2 Å². The number of ether oxygens (including phenoxy) is 2. The molecule has 1 aliphatic rings.